The van der Waals surface area contributed by atoms with Gasteiger partial charge in [0.05, 0.1) is 4.92 Å². The van der Waals surface area contributed by atoms with Crippen LogP contribution in [0.3, 0.4) is 0 Å². The molecule has 0 aromatic heterocycles. The van der Waals surface area contributed by atoms with Crippen molar-refractivity contribution in [3.05, 3.63) is 34.4 Å². The van der Waals surface area contributed by atoms with E-state index in [1.807, 2.05) is 0 Å². The average Bonchev–Trinajstić information content (AvgIpc) is 2.16. The maximum Gasteiger partial charge on any atom is 0.300 e. The van der Waals surface area contributed by atoms with Gasteiger partial charge in [0.15, 0.2) is 0 Å². The van der Waals surface area contributed by atoms with Gasteiger partial charge in [0.1, 0.15) is 4.90 Å². The second-order valence-corrected chi connectivity index (χ2v) is 3.38. The lowest BCUT2D eigenvalue weighted by Crippen LogP contribution is -1.88. The summed E-state index contributed by atoms with van der Waals surface area (Å²) in [6.07, 6.45) is 0. The van der Waals surface area contributed by atoms with Gasteiger partial charge in [-0.2, -0.15) is 0 Å². The maximum absolute atomic E-state index is 10.3. The molecule has 0 radical (unpaired) electrons. The van der Waals surface area contributed by atoms with Crippen LogP contribution in [0.1, 0.15) is 6.92 Å². The zero-order chi connectivity index (χ0) is 11.8. The van der Waals surface area contributed by atoms with Crippen molar-refractivity contribution in [2.75, 3.05) is 0 Å². The van der Waals surface area contributed by atoms with Crippen LogP contribution in [0.25, 0.3) is 0 Å². The number of benzene rings is 1. The topological polar surface area (TPSA) is 80.4 Å². The highest BCUT2D eigenvalue weighted by Gasteiger charge is 2.10. The van der Waals surface area contributed by atoms with E-state index in [2.05, 4.69) is 0 Å². The molecule has 1 rings (SSSR count). The largest absolute Gasteiger partial charge is 0.481 e. The normalized spacial score (nSPS) is 8.67. The fourth-order valence-corrected chi connectivity index (χ4v) is 1.42. The molecule has 0 fully saturated rings. The Labute approximate surface area is 94.7 Å². The lowest BCUT2D eigenvalue weighted by molar-refractivity contribution is -0.387. The number of nitro groups is 1. The molecule has 7 heteroatoms. The van der Waals surface area contributed by atoms with Crippen LogP contribution >= 0.6 is 21.7 Å². The molecule has 0 saturated carbocycles. The van der Waals surface area contributed by atoms with Gasteiger partial charge in [-0.25, -0.2) is 0 Å². The first-order valence-corrected chi connectivity index (χ1v) is 5.34. The van der Waals surface area contributed by atoms with Crippen molar-refractivity contribution in [1.29, 1.82) is 0 Å². The molecule has 5 nitrogen and oxygen atoms in total. The molecule has 1 N–H and O–H groups in total. The molecule has 0 amide bonds. The summed E-state index contributed by atoms with van der Waals surface area (Å²) in [5.41, 5.74) is 0.0486. The summed E-state index contributed by atoms with van der Waals surface area (Å²) in [7, 11) is 6.24. The van der Waals surface area contributed by atoms with Gasteiger partial charge >= 0.3 is 0 Å². The number of carbonyl (C=O) groups is 1. The van der Waals surface area contributed by atoms with Crippen LogP contribution in [0, 0.1) is 10.1 Å². The smallest absolute Gasteiger partial charge is 0.300 e. The predicted octanol–water partition coefficient (Wildman–Crippen LogP) is 2.93. The molecule has 0 heterocycles. The Kier molecular flexibility index (Phi) is 6.48. The van der Waals surface area contributed by atoms with Gasteiger partial charge in [-0.1, -0.05) is 12.1 Å². The molecule has 0 unspecified atom stereocenters. The Morgan fingerprint density at radius 1 is 1.53 bits per heavy atom. The molecular formula is C8H8ClNO4S. The van der Waals surface area contributed by atoms with Crippen molar-refractivity contribution in [3.8, 4) is 0 Å². The minimum atomic E-state index is -0.833. The van der Waals surface area contributed by atoms with Gasteiger partial charge in [-0.3, -0.25) is 14.9 Å². The predicted molar refractivity (Wildman–Crippen MR) is 58.1 cm³/mol. The molecule has 0 atom stereocenters. The van der Waals surface area contributed by atoms with E-state index in [0.29, 0.717) is 4.90 Å². The second-order valence-electron chi connectivity index (χ2n) is 2.32. The minimum absolute atomic E-state index is 0.0486. The molecule has 0 aliphatic heterocycles. The van der Waals surface area contributed by atoms with Crippen LogP contribution < -0.4 is 0 Å². The summed E-state index contributed by atoms with van der Waals surface area (Å²) >= 11 is 0. The number of carboxylic acid groups (broad SMARTS) is 1. The molecule has 15 heavy (non-hydrogen) atoms. The van der Waals surface area contributed by atoms with Crippen LogP contribution in [0.4, 0.5) is 5.69 Å². The van der Waals surface area contributed by atoms with Crippen LogP contribution in [0.2, 0.25) is 0 Å². The fraction of sp³-hybridized carbons (Fsp3) is 0.125. The lowest BCUT2D eigenvalue weighted by Gasteiger charge is -1.94. The summed E-state index contributed by atoms with van der Waals surface area (Å²) in [6, 6.07) is 6.34. The lowest BCUT2D eigenvalue weighted by atomic mass is 10.3. The molecule has 0 bridgehead atoms. The van der Waals surface area contributed by atoms with E-state index in [0.717, 1.165) is 17.9 Å². The Morgan fingerprint density at radius 2 is 2.00 bits per heavy atom. The van der Waals surface area contributed by atoms with E-state index in [9.17, 15) is 10.1 Å². The van der Waals surface area contributed by atoms with E-state index in [-0.39, 0.29) is 5.69 Å². The summed E-state index contributed by atoms with van der Waals surface area (Å²) in [5.74, 6) is -0.833. The van der Waals surface area contributed by atoms with Gasteiger partial charge in [0, 0.05) is 13.0 Å². The number of nitrogens with zero attached hydrogens (tertiary/aromatic N) is 1. The minimum Gasteiger partial charge on any atom is -0.481 e. The number of para-hydroxylation sites is 1. The Balaban J connectivity index is 0.000000423. The standard InChI is InChI=1S/C6H4ClNO2S.C2H4O2/c7-11-6-4-2-1-3-5(6)8(9)10;1-2(3)4/h1-4H;1H3,(H,3,4). The zero-order valence-corrected chi connectivity index (χ0v) is 9.29. The SMILES string of the molecule is CC(=O)O.O=[N+]([O-])c1ccccc1SCl. The average molecular weight is 250 g/mol. The Hall–Kier alpha value is -1.27. The summed E-state index contributed by atoms with van der Waals surface area (Å²) in [4.78, 5) is 19.3. The number of carboxylic acids is 1. The number of nitro benzene ring substituents is 1. The third-order valence-electron chi connectivity index (χ3n) is 1.15. The van der Waals surface area contributed by atoms with Crippen molar-refractivity contribution in [3.63, 3.8) is 0 Å². The van der Waals surface area contributed by atoms with Crippen molar-refractivity contribution in [2.24, 2.45) is 0 Å². The summed E-state index contributed by atoms with van der Waals surface area (Å²) in [5, 5.41) is 17.7. The van der Waals surface area contributed by atoms with Gasteiger partial charge in [0.2, 0.25) is 0 Å². The molecule has 1 aromatic rings. The van der Waals surface area contributed by atoms with Crippen molar-refractivity contribution >= 4 is 33.3 Å². The number of halogens is 1. The first-order chi connectivity index (χ1) is 6.99. The van der Waals surface area contributed by atoms with Crippen molar-refractivity contribution < 1.29 is 14.8 Å². The molecular weight excluding hydrogens is 242 g/mol. The van der Waals surface area contributed by atoms with E-state index >= 15 is 0 Å². The molecule has 0 aliphatic carbocycles. The van der Waals surface area contributed by atoms with E-state index in [1.165, 1.54) is 6.07 Å². The molecule has 0 aliphatic rings. The van der Waals surface area contributed by atoms with E-state index in [1.54, 1.807) is 18.2 Å². The van der Waals surface area contributed by atoms with Crippen molar-refractivity contribution in [2.45, 2.75) is 11.8 Å². The molecule has 1 aromatic carbocycles. The zero-order valence-electron chi connectivity index (χ0n) is 7.71. The van der Waals surface area contributed by atoms with Gasteiger partial charge in [-0.05, 0) is 27.7 Å². The summed E-state index contributed by atoms with van der Waals surface area (Å²) < 4.78 is 0. The first kappa shape index (κ1) is 13.7. The van der Waals surface area contributed by atoms with E-state index < -0.39 is 10.9 Å². The van der Waals surface area contributed by atoms with Crippen LogP contribution in [0.5, 0.6) is 0 Å². The highest BCUT2D eigenvalue weighted by Crippen LogP contribution is 2.30. The van der Waals surface area contributed by atoms with Crippen molar-refractivity contribution in [1.82, 2.24) is 0 Å². The molecule has 0 spiro atoms. The number of hydrogen-bond acceptors (Lipinski definition) is 4. The van der Waals surface area contributed by atoms with Crippen LogP contribution in [-0.2, 0) is 4.79 Å². The number of aliphatic carboxylic acids is 1. The first-order valence-electron chi connectivity index (χ1n) is 3.70. The highest BCUT2D eigenvalue weighted by atomic mass is 35.7. The van der Waals surface area contributed by atoms with Crippen LogP contribution in [-0.4, -0.2) is 16.0 Å². The fourth-order valence-electron chi connectivity index (χ4n) is 0.673. The Bertz CT molecular complexity index is 354. The van der Waals surface area contributed by atoms with Crippen LogP contribution in [0.15, 0.2) is 29.2 Å². The monoisotopic (exact) mass is 249 g/mol. The van der Waals surface area contributed by atoms with Gasteiger partial charge in [0.25, 0.3) is 11.7 Å². The maximum atomic E-state index is 10.3. The number of hydrogen-bond donors (Lipinski definition) is 1. The summed E-state index contributed by atoms with van der Waals surface area (Å²) in [6.45, 7) is 1.08. The third kappa shape index (κ3) is 5.92. The third-order valence-corrected chi connectivity index (χ3v) is 2.16. The molecule has 0 saturated heterocycles. The van der Waals surface area contributed by atoms with E-state index in [4.69, 9.17) is 20.6 Å². The van der Waals surface area contributed by atoms with Gasteiger partial charge < -0.3 is 5.11 Å². The quantitative estimate of drug-likeness (QED) is 0.644. The highest BCUT2D eigenvalue weighted by molar-refractivity contribution is 8.21. The Morgan fingerprint density at radius 3 is 2.33 bits per heavy atom. The second kappa shape index (κ2) is 7.08. The van der Waals surface area contributed by atoms with Gasteiger partial charge in [-0.15, -0.1) is 0 Å². The molecule has 82 valence electrons. The number of rotatable bonds is 2.